The second kappa shape index (κ2) is 6.63. The first kappa shape index (κ1) is 17.3. The summed E-state index contributed by atoms with van der Waals surface area (Å²) in [6.07, 6.45) is 5.84. The first-order valence-electron chi connectivity index (χ1n) is 9.92. The number of H-pyrrole nitrogens is 1. The first-order chi connectivity index (χ1) is 13.6. The lowest BCUT2D eigenvalue weighted by Crippen LogP contribution is -2.31. The molecule has 0 spiro atoms. The van der Waals surface area contributed by atoms with Crippen LogP contribution in [0.2, 0.25) is 0 Å². The molecule has 1 saturated heterocycles. The number of pyridine rings is 1. The summed E-state index contributed by atoms with van der Waals surface area (Å²) in [5, 5.41) is 14.2. The molecule has 6 heteroatoms. The number of rotatable bonds is 2. The van der Waals surface area contributed by atoms with Gasteiger partial charge in [-0.25, -0.2) is 9.78 Å². The number of hydrogen-bond donors (Lipinski definition) is 3. The highest BCUT2D eigenvalue weighted by atomic mass is 16.4. The van der Waals surface area contributed by atoms with Gasteiger partial charge in [0.05, 0.1) is 6.04 Å². The highest BCUT2D eigenvalue weighted by Gasteiger charge is 2.32. The molecule has 6 nitrogen and oxygen atoms in total. The minimum Gasteiger partial charge on any atom is -0.465 e. The van der Waals surface area contributed by atoms with Gasteiger partial charge < -0.3 is 20.3 Å². The number of aryl methyl sites for hydroxylation is 1. The molecule has 1 aromatic carbocycles. The summed E-state index contributed by atoms with van der Waals surface area (Å²) in [6, 6.07) is 6.59. The first-order valence-corrected chi connectivity index (χ1v) is 9.92. The van der Waals surface area contributed by atoms with Crippen molar-refractivity contribution in [3.05, 3.63) is 52.8 Å². The number of amides is 1. The van der Waals surface area contributed by atoms with Gasteiger partial charge in [0, 0.05) is 36.4 Å². The molecule has 2 aliphatic heterocycles. The maximum absolute atomic E-state index is 11.8. The number of aromatic nitrogens is 2. The van der Waals surface area contributed by atoms with Crippen LogP contribution in [0.5, 0.6) is 0 Å². The van der Waals surface area contributed by atoms with E-state index in [0.29, 0.717) is 6.54 Å². The van der Waals surface area contributed by atoms with Crippen molar-refractivity contribution in [2.24, 2.45) is 0 Å². The molecule has 2 aliphatic rings. The van der Waals surface area contributed by atoms with Gasteiger partial charge in [-0.15, -0.1) is 0 Å². The number of nitrogens with one attached hydrogen (secondary N) is 2. The molecule has 3 aromatic rings. The molecule has 0 unspecified atom stereocenters. The number of nitrogens with zero attached hydrogens (tertiary/aromatic N) is 2. The van der Waals surface area contributed by atoms with Crippen LogP contribution in [0.4, 0.5) is 4.79 Å². The Kier molecular flexibility index (Phi) is 4.09. The maximum Gasteiger partial charge on any atom is 0.407 e. The van der Waals surface area contributed by atoms with E-state index in [4.69, 9.17) is 0 Å². The predicted octanol–water partition coefficient (Wildman–Crippen LogP) is 4.00. The van der Waals surface area contributed by atoms with Crippen LogP contribution in [0.25, 0.3) is 22.2 Å². The fraction of sp³-hybridized carbons (Fsp3) is 0.364. The minimum absolute atomic E-state index is 0.0585. The molecule has 144 valence electrons. The Morgan fingerprint density at radius 2 is 2.18 bits per heavy atom. The average molecular weight is 376 g/mol. The highest BCUT2D eigenvalue weighted by molar-refractivity contribution is 5.84. The Balaban J connectivity index is 1.66. The second-order valence-corrected chi connectivity index (χ2v) is 7.86. The normalized spacial score (nSPS) is 19.2. The van der Waals surface area contributed by atoms with Crippen LogP contribution in [0, 0.1) is 6.92 Å². The van der Waals surface area contributed by atoms with E-state index in [-0.39, 0.29) is 6.04 Å². The van der Waals surface area contributed by atoms with E-state index in [9.17, 15) is 9.90 Å². The number of hydrogen-bond acceptors (Lipinski definition) is 3. The molecule has 28 heavy (non-hydrogen) atoms. The molecule has 0 aliphatic carbocycles. The van der Waals surface area contributed by atoms with Gasteiger partial charge in [0.1, 0.15) is 5.65 Å². The number of carbonyl (C=O) groups is 1. The van der Waals surface area contributed by atoms with Gasteiger partial charge in [-0.05, 0) is 72.7 Å². The van der Waals surface area contributed by atoms with E-state index in [1.54, 1.807) is 4.90 Å². The predicted molar refractivity (Wildman–Crippen MR) is 108 cm³/mol. The third-order valence-electron chi connectivity index (χ3n) is 6.18. The Morgan fingerprint density at radius 3 is 3.04 bits per heavy atom. The highest BCUT2D eigenvalue weighted by Crippen LogP contribution is 2.38. The maximum atomic E-state index is 11.8. The molecule has 1 amide bonds. The van der Waals surface area contributed by atoms with Crippen LogP contribution in [0.3, 0.4) is 0 Å². The molecule has 0 bridgehead atoms. The monoisotopic (exact) mass is 376 g/mol. The zero-order valence-corrected chi connectivity index (χ0v) is 16.0. The average Bonchev–Trinajstić information content (AvgIpc) is 3.34. The second-order valence-electron chi connectivity index (χ2n) is 7.86. The molecule has 5 rings (SSSR count). The van der Waals surface area contributed by atoms with Crippen molar-refractivity contribution >= 4 is 17.1 Å². The quantitative estimate of drug-likeness (QED) is 0.631. The number of benzene rings is 1. The molecule has 0 saturated carbocycles. The summed E-state index contributed by atoms with van der Waals surface area (Å²) in [5.74, 6) is 0. The summed E-state index contributed by atoms with van der Waals surface area (Å²) in [7, 11) is 0. The van der Waals surface area contributed by atoms with E-state index in [0.717, 1.165) is 60.1 Å². The molecule has 3 N–H and O–H groups in total. The molecule has 0 radical (unpaired) electrons. The molecule has 1 atom stereocenters. The standard InChI is InChI=1S/C22H24N4O2/c1-13-10-24-21-17(13)9-16(11-25-21)15-7-14-4-5-23-12-19(14)18(8-15)20-3-2-6-26(20)22(27)28/h7-11,20,23H,2-6,12H2,1H3,(H,24,25)(H,27,28)/t20-/m0/s1. The van der Waals surface area contributed by atoms with E-state index in [1.807, 2.05) is 12.4 Å². The SMILES string of the molecule is Cc1c[nH]c2ncc(-c3cc4c(c([C@@H]5CCCN5C(=O)O)c3)CNCC4)cc12. The molecular formula is C22H24N4O2. The fourth-order valence-electron chi connectivity index (χ4n) is 4.71. The van der Waals surface area contributed by atoms with Crippen LogP contribution < -0.4 is 5.32 Å². The van der Waals surface area contributed by atoms with Crippen LogP contribution in [-0.2, 0) is 13.0 Å². The van der Waals surface area contributed by atoms with Gasteiger partial charge in [0.2, 0.25) is 0 Å². The van der Waals surface area contributed by atoms with Gasteiger partial charge >= 0.3 is 6.09 Å². The molecule has 2 aromatic heterocycles. The van der Waals surface area contributed by atoms with Crippen molar-refractivity contribution in [1.29, 1.82) is 0 Å². The van der Waals surface area contributed by atoms with Crippen molar-refractivity contribution < 1.29 is 9.90 Å². The zero-order chi connectivity index (χ0) is 19.3. The van der Waals surface area contributed by atoms with Gasteiger partial charge in [-0.2, -0.15) is 0 Å². The van der Waals surface area contributed by atoms with Crippen molar-refractivity contribution in [2.75, 3.05) is 13.1 Å². The summed E-state index contributed by atoms with van der Waals surface area (Å²) < 4.78 is 0. The Hall–Kier alpha value is -2.86. The third-order valence-corrected chi connectivity index (χ3v) is 6.18. The summed E-state index contributed by atoms with van der Waals surface area (Å²) in [5.41, 5.74) is 8.05. The van der Waals surface area contributed by atoms with Crippen LogP contribution in [-0.4, -0.2) is 39.2 Å². The summed E-state index contributed by atoms with van der Waals surface area (Å²) in [4.78, 5) is 21.2. The van der Waals surface area contributed by atoms with Crippen molar-refractivity contribution in [2.45, 2.75) is 38.8 Å². The van der Waals surface area contributed by atoms with E-state index < -0.39 is 6.09 Å². The summed E-state index contributed by atoms with van der Waals surface area (Å²) in [6.45, 7) is 4.46. The zero-order valence-electron chi connectivity index (χ0n) is 16.0. The third kappa shape index (κ3) is 2.76. The van der Waals surface area contributed by atoms with Gasteiger partial charge in [0.15, 0.2) is 0 Å². The minimum atomic E-state index is -0.823. The Bertz CT molecular complexity index is 1070. The number of aromatic amines is 1. The van der Waals surface area contributed by atoms with Crippen molar-refractivity contribution in [3.8, 4) is 11.1 Å². The number of carboxylic acid groups (broad SMARTS) is 1. The Morgan fingerprint density at radius 1 is 1.29 bits per heavy atom. The Labute approximate surface area is 163 Å². The van der Waals surface area contributed by atoms with E-state index in [2.05, 4.69) is 40.4 Å². The van der Waals surface area contributed by atoms with Crippen molar-refractivity contribution in [3.63, 3.8) is 0 Å². The number of fused-ring (bicyclic) bond motifs is 2. The van der Waals surface area contributed by atoms with Crippen molar-refractivity contribution in [1.82, 2.24) is 20.2 Å². The molecule has 4 heterocycles. The van der Waals surface area contributed by atoms with Crippen LogP contribution in [0.15, 0.2) is 30.6 Å². The van der Waals surface area contributed by atoms with E-state index in [1.165, 1.54) is 16.7 Å². The molecular weight excluding hydrogens is 352 g/mol. The molecule has 1 fully saturated rings. The smallest absolute Gasteiger partial charge is 0.407 e. The van der Waals surface area contributed by atoms with E-state index >= 15 is 0 Å². The number of likely N-dealkylation sites (tertiary alicyclic amines) is 1. The van der Waals surface area contributed by atoms with Crippen LogP contribution >= 0.6 is 0 Å². The lowest BCUT2D eigenvalue weighted by molar-refractivity contribution is 0.140. The largest absolute Gasteiger partial charge is 0.465 e. The van der Waals surface area contributed by atoms with Gasteiger partial charge in [0.25, 0.3) is 0 Å². The topological polar surface area (TPSA) is 81.2 Å². The van der Waals surface area contributed by atoms with Gasteiger partial charge in [-0.3, -0.25) is 0 Å². The van der Waals surface area contributed by atoms with Gasteiger partial charge in [-0.1, -0.05) is 6.07 Å². The fourth-order valence-corrected chi connectivity index (χ4v) is 4.71. The summed E-state index contributed by atoms with van der Waals surface area (Å²) >= 11 is 0. The lowest BCUT2D eigenvalue weighted by atomic mass is 9.87. The lowest BCUT2D eigenvalue weighted by Gasteiger charge is -2.28. The van der Waals surface area contributed by atoms with Crippen LogP contribution in [0.1, 0.15) is 41.1 Å².